The number of aromatic nitrogens is 2. The molecule has 7 nitrogen and oxygen atoms in total. The maximum Gasteiger partial charge on any atom is 0.231 e. The van der Waals surface area contributed by atoms with Gasteiger partial charge < -0.3 is 10.8 Å². The fourth-order valence-corrected chi connectivity index (χ4v) is 2.65. The van der Waals surface area contributed by atoms with Crippen LogP contribution in [-0.4, -0.2) is 38.9 Å². The minimum Gasteiger partial charge on any atom is -0.392 e. The van der Waals surface area contributed by atoms with E-state index >= 15 is 0 Å². The summed E-state index contributed by atoms with van der Waals surface area (Å²) in [6.07, 6.45) is 3.43. The largest absolute Gasteiger partial charge is 0.392 e. The van der Waals surface area contributed by atoms with Crippen LogP contribution >= 0.6 is 0 Å². The van der Waals surface area contributed by atoms with Crippen molar-refractivity contribution in [3.8, 4) is 11.3 Å². The molecule has 3 N–H and O–H groups in total. The van der Waals surface area contributed by atoms with Gasteiger partial charge in [-0.15, -0.1) is 0 Å². The van der Waals surface area contributed by atoms with Crippen LogP contribution in [0, 0.1) is 0 Å². The minimum atomic E-state index is -0.842. The Morgan fingerprint density at radius 3 is 2.88 bits per heavy atom. The normalized spacial score (nSPS) is 20.9. The van der Waals surface area contributed by atoms with Gasteiger partial charge in [0.25, 0.3) is 0 Å². The number of benzene rings is 1. The van der Waals surface area contributed by atoms with Gasteiger partial charge in [0.15, 0.2) is 5.96 Å². The number of hydrogen-bond donors (Lipinski definition) is 2. The zero-order valence-corrected chi connectivity index (χ0v) is 13.6. The lowest BCUT2D eigenvalue weighted by Gasteiger charge is -2.32. The lowest BCUT2D eigenvalue weighted by Crippen LogP contribution is -2.47. The van der Waals surface area contributed by atoms with Crippen LogP contribution in [0.3, 0.4) is 0 Å². The number of hydrogen-bond acceptors (Lipinski definition) is 6. The van der Waals surface area contributed by atoms with Crippen LogP contribution in [0.1, 0.15) is 24.6 Å². The monoisotopic (exact) mass is 325 g/mol. The van der Waals surface area contributed by atoms with Gasteiger partial charge in [-0.25, -0.2) is 9.98 Å². The molecule has 124 valence electrons. The molecule has 1 amide bonds. The third-order valence-electron chi connectivity index (χ3n) is 4.17. The van der Waals surface area contributed by atoms with Crippen LogP contribution < -0.4 is 5.73 Å². The molecule has 1 aliphatic rings. The Bertz CT molecular complexity index is 820. The van der Waals surface area contributed by atoms with Crippen molar-refractivity contribution in [1.29, 1.82) is 0 Å². The highest BCUT2D eigenvalue weighted by Gasteiger charge is 2.37. The third kappa shape index (κ3) is 2.85. The summed E-state index contributed by atoms with van der Waals surface area (Å²) < 4.78 is 0. The smallest absolute Gasteiger partial charge is 0.231 e. The van der Waals surface area contributed by atoms with Crippen molar-refractivity contribution < 1.29 is 9.90 Å². The Kier molecular flexibility index (Phi) is 4.02. The first-order valence-corrected chi connectivity index (χ1v) is 7.57. The quantitative estimate of drug-likeness (QED) is 0.877. The molecule has 0 aliphatic carbocycles. The van der Waals surface area contributed by atoms with Crippen molar-refractivity contribution in [2.24, 2.45) is 10.7 Å². The van der Waals surface area contributed by atoms with Gasteiger partial charge in [0.05, 0.1) is 36.8 Å². The minimum absolute atomic E-state index is 0.0413. The summed E-state index contributed by atoms with van der Waals surface area (Å²) >= 11 is 0. The van der Waals surface area contributed by atoms with E-state index in [0.717, 1.165) is 11.1 Å². The second-order valence-corrected chi connectivity index (χ2v) is 6.02. The van der Waals surface area contributed by atoms with Crippen LogP contribution in [0.4, 0.5) is 0 Å². The van der Waals surface area contributed by atoms with Crippen LogP contribution in [0.2, 0.25) is 0 Å². The van der Waals surface area contributed by atoms with Crippen molar-refractivity contribution in [1.82, 2.24) is 14.9 Å². The zero-order chi connectivity index (χ0) is 17.3. The number of nitrogens with two attached hydrogens (primary N) is 1. The van der Waals surface area contributed by atoms with Crippen LogP contribution in [0.15, 0.2) is 41.7 Å². The Hall–Kier alpha value is -2.80. The maximum absolute atomic E-state index is 12.1. The zero-order valence-electron chi connectivity index (χ0n) is 13.6. The molecular formula is C17H19N5O2. The lowest BCUT2D eigenvalue weighted by atomic mass is 9.92. The van der Waals surface area contributed by atoms with Gasteiger partial charge in [-0.2, -0.15) is 0 Å². The molecule has 7 heteroatoms. The molecular weight excluding hydrogens is 306 g/mol. The number of amides is 1. The number of carbonyl (C=O) groups excluding carboxylic acids is 1. The predicted molar refractivity (Wildman–Crippen MR) is 89.8 cm³/mol. The van der Waals surface area contributed by atoms with E-state index in [0.29, 0.717) is 11.4 Å². The molecule has 1 aromatic heterocycles. The van der Waals surface area contributed by atoms with E-state index in [4.69, 9.17) is 5.73 Å². The molecule has 2 heterocycles. The summed E-state index contributed by atoms with van der Waals surface area (Å²) in [6, 6.07) is 7.44. The molecule has 1 aliphatic heterocycles. The number of aliphatic hydroxyl groups is 1. The molecule has 0 saturated heterocycles. The first-order chi connectivity index (χ1) is 11.4. The van der Waals surface area contributed by atoms with E-state index in [1.54, 1.807) is 19.4 Å². The van der Waals surface area contributed by atoms with Gasteiger partial charge >= 0.3 is 0 Å². The fourth-order valence-electron chi connectivity index (χ4n) is 2.65. The van der Waals surface area contributed by atoms with Crippen LogP contribution in [0.5, 0.6) is 0 Å². The first-order valence-electron chi connectivity index (χ1n) is 7.57. The Labute approximate surface area is 139 Å². The summed E-state index contributed by atoms with van der Waals surface area (Å²) in [5, 5.41) is 9.28. The van der Waals surface area contributed by atoms with E-state index < -0.39 is 5.54 Å². The SMILES string of the molecule is CN1C(=O)C[C@@](C)(c2cncc(-c3cccc(CO)c3)n2)N=C1N. The van der Waals surface area contributed by atoms with Crippen molar-refractivity contribution in [3.63, 3.8) is 0 Å². The Morgan fingerprint density at radius 1 is 1.38 bits per heavy atom. The maximum atomic E-state index is 12.1. The second kappa shape index (κ2) is 6.01. The van der Waals surface area contributed by atoms with Gasteiger partial charge in [0.1, 0.15) is 5.54 Å². The molecule has 0 radical (unpaired) electrons. The van der Waals surface area contributed by atoms with E-state index in [9.17, 15) is 9.90 Å². The van der Waals surface area contributed by atoms with E-state index in [1.807, 2.05) is 31.2 Å². The fraction of sp³-hybridized carbons (Fsp3) is 0.294. The highest BCUT2D eigenvalue weighted by molar-refractivity contribution is 5.98. The van der Waals surface area contributed by atoms with Crippen LogP contribution in [0.25, 0.3) is 11.3 Å². The van der Waals surface area contributed by atoms with E-state index in [2.05, 4.69) is 15.0 Å². The molecule has 0 unspecified atom stereocenters. The van der Waals surface area contributed by atoms with Crippen molar-refractivity contribution in [3.05, 3.63) is 47.9 Å². The van der Waals surface area contributed by atoms with E-state index in [1.165, 1.54) is 4.90 Å². The van der Waals surface area contributed by atoms with Gasteiger partial charge in [-0.05, 0) is 18.6 Å². The predicted octanol–water partition coefficient (Wildman–Crippen LogP) is 1.03. The first kappa shape index (κ1) is 16.1. The molecule has 1 atom stereocenters. The van der Waals surface area contributed by atoms with Gasteiger partial charge in [-0.3, -0.25) is 14.7 Å². The molecule has 24 heavy (non-hydrogen) atoms. The van der Waals surface area contributed by atoms with Crippen LogP contribution in [-0.2, 0) is 16.9 Å². The molecule has 3 rings (SSSR count). The highest BCUT2D eigenvalue weighted by atomic mass is 16.3. The molecule has 0 bridgehead atoms. The van der Waals surface area contributed by atoms with Gasteiger partial charge in [0.2, 0.25) is 5.91 Å². The number of rotatable bonds is 3. The van der Waals surface area contributed by atoms with E-state index in [-0.39, 0.29) is 24.9 Å². The molecule has 0 saturated carbocycles. The standard InChI is InChI=1S/C17H19N5O2/c1-17(7-15(24)22(2)16(18)21-17)14-9-19-8-13(20-14)12-5-3-4-11(6-12)10-23/h3-6,8-9,23H,7,10H2,1-2H3,(H2,18,21)/t17-/m0/s1. The van der Waals surface area contributed by atoms with Crippen molar-refractivity contribution in [2.75, 3.05) is 7.05 Å². The third-order valence-corrected chi connectivity index (χ3v) is 4.17. The Morgan fingerprint density at radius 2 is 2.17 bits per heavy atom. The number of nitrogens with zero attached hydrogens (tertiary/aromatic N) is 4. The summed E-state index contributed by atoms with van der Waals surface area (Å²) in [4.78, 5) is 26.8. The highest BCUT2D eigenvalue weighted by Crippen LogP contribution is 2.32. The summed E-state index contributed by atoms with van der Waals surface area (Å²) in [5.74, 6) is 0.0581. The molecule has 0 spiro atoms. The van der Waals surface area contributed by atoms with Crippen molar-refractivity contribution in [2.45, 2.75) is 25.5 Å². The topological polar surface area (TPSA) is 105 Å². The summed E-state index contributed by atoms with van der Waals surface area (Å²) in [6.45, 7) is 1.78. The average Bonchev–Trinajstić information content (AvgIpc) is 2.60. The number of aliphatic hydroxyl groups excluding tert-OH is 1. The summed E-state index contributed by atoms with van der Waals surface area (Å²) in [5.41, 5.74) is 7.88. The average molecular weight is 325 g/mol. The molecule has 0 fully saturated rings. The van der Waals surface area contributed by atoms with Gasteiger partial charge in [-0.1, -0.05) is 18.2 Å². The molecule has 1 aromatic carbocycles. The lowest BCUT2D eigenvalue weighted by molar-refractivity contribution is -0.128. The van der Waals surface area contributed by atoms with Gasteiger partial charge in [0, 0.05) is 12.6 Å². The number of carbonyl (C=O) groups is 1. The second-order valence-electron chi connectivity index (χ2n) is 6.02. The summed E-state index contributed by atoms with van der Waals surface area (Å²) in [7, 11) is 1.60. The Balaban J connectivity index is 2.03. The number of guanidine groups is 1. The number of aliphatic imine (C=N–C) groups is 1. The molecule has 2 aromatic rings. The van der Waals surface area contributed by atoms with Crippen molar-refractivity contribution >= 4 is 11.9 Å².